The van der Waals surface area contributed by atoms with E-state index in [1.54, 1.807) is 0 Å². The molecular formula is C18H26N2O2. The third kappa shape index (κ3) is 4.34. The highest BCUT2D eigenvalue weighted by Gasteiger charge is 2.13. The van der Waals surface area contributed by atoms with Crippen molar-refractivity contribution < 1.29 is 9.26 Å². The molecule has 0 aliphatic rings. The highest BCUT2D eigenvalue weighted by Crippen LogP contribution is 2.27. The zero-order valence-corrected chi connectivity index (χ0v) is 13.8. The summed E-state index contributed by atoms with van der Waals surface area (Å²) in [7, 11) is 0. The molecule has 0 saturated carbocycles. The summed E-state index contributed by atoms with van der Waals surface area (Å²) in [6, 6.07) is 8.04. The summed E-state index contributed by atoms with van der Waals surface area (Å²) in [6.07, 6.45) is 3.53. The SMILES string of the molecule is CCCCCOc1ccc(-c2onc(CNCC)c2C)cc1. The molecule has 0 bridgehead atoms. The maximum absolute atomic E-state index is 5.73. The predicted octanol–water partition coefficient (Wildman–Crippen LogP) is 4.33. The van der Waals surface area contributed by atoms with Gasteiger partial charge in [0.05, 0.1) is 6.61 Å². The summed E-state index contributed by atoms with van der Waals surface area (Å²) in [6.45, 7) is 8.76. The maximum Gasteiger partial charge on any atom is 0.170 e. The van der Waals surface area contributed by atoms with Gasteiger partial charge in [-0.2, -0.15) is 0 Å². The first-order chi connectivity index (χ1) is 10.8. The topological polar surface area (TPSA) is 47.3 Å². The van der Waals surface area contributed by atoms with E-state index in [1.807, 2.05) is 31.2 Å². The summed E-state index contributed by atoms with van der Waals surface area (Å²) >= 11 is 0. The summed E-state index contributed by atoms with van der Waals surface area (Å²) < 4.78 is 11.2. The van der Waals surface area contributed by atoms with Gasteiger partial charge in [0.2, 0.25) is 0 Å². The zero-order chi connectivity index (χ0) is 15.8. The van der Waals surface area contributed by atoms with Crippen LogP contribution in [0.5, 0.6) is 5.75 Å². The Hall–Kier alpha value is -1.81. The van der Waals surface area contributed by atoms with Gasteiger partial charge in [-0.15, -0.1) is 0 Å². The molecule has 0 spiro atoms. The molecule has 1 aromatic heterocycles. The fourth-order valence-corrected chi connectivity index (χ4v) is 2.29. The van der Waals surface area contributed by atoms with Crippen LogP contribution < -0.4 is 10.1 Å². The molecule has 4 heteroatoms. The van der Waals surface area contributed by atoms with E-state index in [-0.39, 0.29) is 0 Å². The van der Waals surface area contributed by atoms with Gasteiger partial charge in [-0.3, -0.25) is 0 Å². The van der Waals surface area contributed by atoms with E-state index in [0.717, 1.165) is 54.4 Å². The van der Waals surface area contributed by atoms with Crippen molar-refractivity contribution in [2.45, 2.75) is 46.6 Å². The first kappa shape index (κ1) is 16.6. The second-order valence-corrected chi connectivity index (χ2v) is 5.44. The normalized spacial score (nSPS) is 10.9. The molecule has 0 fully saturated rings. The lowest BCUT2D eigenvalue weighted by Gasteiger charge is -2.06. The Bertz CT molecular complexity index is 561. The number of aromatic nitrogens is 1. The molecule has 0 amide bonds. The molecule has 4 nitrogen and oxygen atoms in total. The van der Waals surface area contributed by atoms with Crippen molar-refractivity contribution in [2.75, 3.05) is 13.2 Å². The van der Waals surface area contributed by atoms with Crippen LogP contribution in [-0.2, 0) is 6.54 Å². The van der Waals surface area contributed by atoms with Gasteiger partial charge >= 0.3 is 0 Å². The molecule has 0 atom stereocenters. The highest BCUT2D eigenvalue weighted by atomic mass is 16.5. The Morgan fingerprint density at radius 1 is 1.14 bits per heavy atom. The summed E-state index contributed by atoms with van der Waals surface area (Å²) in [5.74, 6) is 1.75. The second-order valence-electron chi connectivity index (χ2n) is 5.44. The number of nitrogens with one attached hydrogen (secondary N) is 1. The second kappa shape index (κ2) is 8.59. The average molecular weight is 302 g/mol. The minimum atomic E-state index is 0.741. The Kier molecular flexibility index (Phi) is 6.46. The van der Waals surface area contributed by atoms with Gasteiger partial charge in [-0.25, -0.2) is 0 Å². The van der Waals surface area contributed by atoms with Crippen LogP contribution in [0.1, 0.15) is 44.4 Å². The van der Waals surface area contributed by atoms with E-state index in [2.05, 4.69) is 24.3 Å². The summed E-state index contributed by atoms with van der Waals surface area (Å²) in [4.78, 5) is 0. The third-order valence-corrected chi connectivity index (χ3v) is 3.70. The van der Waals surface area contributed by atoms with Gasteiger partial charge in [-0.1, -0.05) is 31.8 Å². The largest absolute Gasteiger partial charge is 0.494 e. The summed E-state index contributed by atoms with van der Waals surface area (Å²) in [5.41, 5.74) is 3.10. The van der Waals surface area contributed by atoms with Crippen LogP contribution in [0.25, 0.3) is 11.3 Å². The van der Waals surface area contributed by atoms with Crippen molar-refractivity contribution in [1.29, 1.82) is 0 Å². The minimum absolute atomic E-state index is 0.741. The molecule has 120 valence electrons. The first-order valence-electron chi connectivity index (χ1n) is 8.15. The lowest BCUT2D eigenvalue weighted by Crippen LogP contribution is -2.12. The van der Waals surface area contributed by atoms with Crippen LogP contribution >= 0.6 is 0 Å². The van der Waals surface area contributed by atoms with Gasteiger partial charge in [0.15, 0.2) is 5.76 Å². The Morgan fingerprint density at radius 2 is 1.91 bits per heavy atom. The van der Waals surface area contributed by atoms with Crippen molar-refractivity contribution in [3.63, 3.8) is 0 Å². The van der Waals surface area contributed by atoms with Crippen molar-refractivity contribution in [1.82, 2.24) is 10.5 Å². The van der Waals surface area contributed by atoms with Crippen LogP contribution in [0.2, 0.25) is 0 Å². The van der Waals surface area contributed by atoms with Crippen molar-refractivity contribution >= 4 is 0 Å². The molecule has 1 N–H and O–H groups in total. The number of benzene rings is 1. The van der Waals surface area contributed by atoms with E-state index in [9.17, 15) is 0 Å². The Balaban J connectivity index is 1.99. The third-order valence-electron chi connectivity index (χ3n) is 3.70. The van der Waals surface area contributed by atoms with Crippen LogP contribution in [0.4, 0.5) is 0 Å². The first-order valence-corrected chi connectivity index (χ1v) is 8.15. The van der Waals surface area contributed by atoms with Crippen molar-refractivity contribution in [3.8, 4) is 17.1 Å². The molecule has 2 aromatic rings. The number of nitrogens with zero attached hydrogens (tertiary/aromatic N) is 1. The number of hydrogen-bond acceptors (Lipinski definition) is 4. The molecule has 22 heavy (non-hydrogen) atoms. The van der Waals surface area contributed by atoms with Crippen molar-refractivity contribution in [3.05, 3.63) is 35.5 Å². The highest BCUT2D eigenvalue weighted by molar-refractivity contribution is 5.62. The van der Waals surface area contributed by atoms with Crippen LogP contribution in [0.15, 0.2) is 28.8 Å². The molecule has 1 aromatic carbocycles. The molecule has 0 aliphatic heterocycles. The Morgan fingerprint density at radius 3 is 2.59 bits per heavy atom. The zero-order valence-electron chi connectivity index (χ0n) is 13.8. The number of ether oxygens (including phenoxy) is 1. The number of hydrogen-bond donors (Lipinski definition) is 1. The maximum atomic E-state index is 5.73. The standard InChI is InChI=1S/C18H26N2O2/c1-4-6-7-12-21-16-10-8-15(9-11-16)18-14(3)17(20-22-18)13-19-5-2/h8-11,19H,4-7,12-13H2,1-3H3. The quantitative estimate of drug-likeness (QED) is 0.700. The van der Waals surface area contributed by atoms with Crippen LogP contribution in [-0.4, -0.2) is 18.3 Å². The van der Waals surface area contributed by atoms with Crippen LogP contribution in [0.3, 0.4) is 0 Å². The fourth-order valence-electron chi connectivity index (χ4n) is 2.29. The van der Waals surface area contributed by atoms with Crippen molar-refractivity contribution in [2.24, 2.45) is 0 Å². The van der Waals surface area contributed by atoms with E-state index >= 15 is 0 Å². The number of unbranched alkanes of at least 4 members (excludes halogenated alkanes) is 2. The molecule has 1 heterocycles. The van der Waals surface area contributed by atoms with E-state index in [4.69, 9.17) is 9.26 Å². The molecule has 0 radical (unpaired) electrons. The smallest absolute Gasteiger partial charge is 0.170 e. The lowest BCUT2D eigenvalue weighted by atomic mass is 10.1. The van der Waals surface area contributed by atoms with Crippen LogP contribution in [0, 0.1) is 6.92 Å². The number of rotatable bonds is 9. The van der Waals surface area contributed by atoms with E-state index in [1.165, 1.54) is 12.8 Å². The van der Waals surface area contributed by atoms with Gasteiger partial charge in [-0.05, 0) is 44.2 Å². The average Bonchev–Trinajstić information content (AvgIpc) is 2.91. The Labute approximate surface area is 132 Å². The molecule has 2 rings (SSSR count). The van der Waals surface area contributed by atoms with Gasteiger partial charge in [0.1, 0.15) is 11.4 Å². The lowest BCUT2D eigenvalue weighted by molar-refractivity contribution is 0.306. The molecule has 0 aliphatic carbocycles. The van der Waals surface area contributed by atoms with Gasteiger partial charge in [0.25, 0.3) is 0 Å². The van der Waals surface area contributed by atoms with Gasteiger partial charge in [0, 0.05) is 17.7 Å². The predicted molar refractivity (Wildman–Crippen MR) is 89.1 cm³/mol. The minimum Gasteiger partial charge on any atom is -0.494 e. The van der Waals surface area contributed by atoms with E-state index in [0.29, 0.717) is 0 Å². The van der Waals surface area contributed by atoms with Gasteiger partial charge < -0.3 is 14.6 Å². The molecule has 0 saturated heterocycles. The van der Waals surface area contributed by atoms with E-state index < -0.39 is 0 Å². The monoisotopic (exact) mass is 302 g/mol. The molecule has 0 unspecified atom stereocenters. The fraction of sp³-hybridized carbons (Fsp3) is 0.500. The molecular weight excluding hydrogens is 276 g/mol. The summed E-state index contributed by atoms with van der Waals surface area (Å²) in [5, 5.41) is 7.42.